The van der Waals surface area contributed by atoms with Gasteiger partial charge >= 0.3 is 12.1 Å². The molecule has 0 radical (unpaired) electrons. The van der Waals surface area contributed by atoms with E-state index in [1.165, 1.54) is 0 Å². The Kier molecular flexibility index (Phi) is 6.36. The van der Waals surface area contributed by atoms with E-state index in [1.807, 2.05) is 41.8 Å². The second kappa shape index (κ2) is 8.71. The minimum atomic E-state index is -1.11. The highest BCUT2D eigenvalue weighted by atomic mass is 16.5. The van der Waals surface area contributed by atoms with Crippen LogP contribution in [0.3, 0.4) is 0 Å². The SMILES string of the molecule is CCCn1cncc1CC(NC(=O)OCc1ccccc1)C(=O)O. The molecule has 1 heterocycles. The number of carbonyl (C=O) groups is 2. The fourth-order valence-electron chi connectivity index (χ4n) is 2.28. The minimum Gasteiger partial charge on any atom is -0.480 e. The van der Waals surface area contributed by atoms with E-state index in [9.17, 15) is 14.7 Å². The molecular weight excluding hydrogens is 310 g/mol. The van der Waals surface area contributed by atoms with Crippen LogP contribution < -0.4 is 5.32 Å². The average molecular weight is 331 g/mol. The van der Waals surface area contributed by atoms with E-state index in [0.29, 0.717) is 0 Å². The lowest BCUT2D eigenvalue weighted by Crippen LogP contribution is -2.42. The smallest absolute Gasteiger partial charge is 0.408 e. The molecule has 2 N–H and O–H groups in total. The number of benzene rings is 1. The monoisotopic (exact) mass is 331 g/mol. The molecule has 0 aliphatic rings. The normalized spacial score (nSPS) is 11.7. The molecule has 0 fully saturated rings. The lowest BCUT2D eigenvalue weighted by atomic mass is 10.1. The van der Waals surface area contributed by atoms with Crippen LogP contribution in [-0.4, -0.2) is 32.8 Å². The van der Waals surface area contributed by atoms with Gasteiger partial charge in [0.2, 0.25) is 0 Å². The molecule has 1 amide bonds. The first kappa shape index (κ1) is 17.5. The van der Waals surface area contributed by atoms with Crippen LogP contribution in [0.4, 0.5) is 4.79 Å². The molecular formula is C17H21N3O4. The molecule has 7 heteroatoms. The molecule has 2 rings (SSSR count). The van der Waals surface area contributed by atoms with Gasteiger partial charge in [0.1, 0.15) is 12.6 Å². The van der Waals surface area contributed by atoms with Gasteiger partial charge in [-0.2, -0.15) is 0 Å². The largest absolute Gasteiger partial charge is 0.480 e. The summed E-state index contributed by atoms with van der Waals surface area (Å²) in [5.41, 5.74) is 1.59. The highest BCUT2D eigenvalue weighted by Crippen LogP contribution is 2.06. The number of carboxylic acids is 1. The molecule has 128 valence electrons. The molecule has 1 unspecified atom stereocenters. The van der Waals surface area contributed by atoms with E-state index in [1.54, 1.807) is 12.5 Å². The first-order valence-corrected chi connectivity index (χ1v) is 7.79. The number of aromatic nitrogens is 2. The quantitative estimate of drug-likeness (QED) is 0.773. The summed E-state index contributed by atoms with van der Waals surface area (Å²) in [5, 5.41) is 11.7. The molecule has 2 aromatic rings. The minimum absolute atomic E-state index is 0.0901. The predicted octanol–water partition coefficient (Wildman–Crippen LogP) is 2.22. The summed E-state index contributed by atoms with van der Waals surface area (Å²) in [7, 11) is 0. The zero-order valence-electron chi connectivity index (χ0n) is 13.5. The number of nitrogens with zero attached hydrogens (tertiary/aromatic N) is 2. The zero-order valence-corrected chi connectivity index (χ0v) is 13.5. The van der Waals surface area contributed by atoms with Crippen LogP contribution in [0.2, 0.25) is 0 Å². The summed E-state index contributed by atoms with van der Waals surface area (Å²) in [6.07, 6.45) is 3.57. The van der Waals surface area contributed by atoms with Gasteiger partial charge in [-0.3, -0.25) is 0 Å². The average Bonchev–Trinajstić information content (AvgIpc) is 3.00. The van der Waals surface area contributed by atoms with Gasteiger partial charge in [-0.25, -0.2) is 14.6 Å². The van der Waals surface area contributed by atoms with Crippen molar-refractivity contribution < 1.29 is 19.4 Å². The van der Waals surface area contributed by atoms with Gasteiger partial charge in [0.25, 0.3) is 0 Å². The van der Waals surface area contributed by atoms with E-state index >= 15 is 0 Å². The standard InChI is InChI=1S/C17H21N3O4/c1-2-8-20-12-18-10-14(20)9-15(16(21)22)19-17(23)24-11-13-6-4-3-5-7-13/h3-7,10,12,15H,2,8-9,11H2,1H3,(H,19,23)(H,21,22). The second-order valence-corrected chi connectivity index (χ2v) is 5.38. The van der Waals surface area contributed by atoms with Gasteiger partial charge in [0, 0.05) is 24.9 Å². The third-order valence-electron chi connectivity index (χ3n) is 3.48. The van der Waals surface area contributed by atoms with Gasteiger partial charge in [-0.15, -0.1) is 0 Å². The molecule has 24 heavy (non-hydrogen) atoms. The molecule has 1 atom stereocenters. The number of ether oxygens (including phenoxy) is 1. The number of hydrogen-bond donors (Lipinski definition) is 2. The molecule has 1 aromatic heterocycles. The zero-order chi connectivity index (χ0) is 17.4. The number of rotatable bonds is 8. The maximum Gasteiger partial charge on any atom is 0.408 e. The number of imidazole rings is 1. The Morgan fingerprint density at radius 1 is 1.33 bits per heavy atom. The van der Waals surface area contributed by atoms with Gasteiger partial charge < -0.3 is 19.7 Å². The van der Waals surface area contributed by atoms with Crippen molar-refractivity contribution in [1.82, 2.24) is 14.9 Å². The Morgan fingerprint density at radius 3 is 2.75 bits per heavy atom. The van der Waals surface area contributed by atoms with E-state index in [0.717, 1.165) is 24.2 Å². The number of nitrogens with one attached hydrogen (secondary N) is 1. The predicted molar refractivity (Wildman–Crippen MR) is 87.4 cm³/mol. The highest BCUT2D eigenvalue weighted by Gasteiger charge is 2.22. The molecule has 0 spiro atoms. The van der Waals surface area contributed by atoms with Gasteiger partial charge in [0.05, 0.1) is 6.33 Å². The lowest BCUT2D eigenvalue weighted by molar-refractivity contribution is -0.139. The Morgan fingerprint density at radius 2 is 2.08 bits per heavy atom. The number of aliphatic carboxylic acids is 1. The maximum absolute atomic E-state index is 11.9. The molecule has 0 saturated heterocycles. The topological polar surface area (TPSA) is 93.5 Å². The van der Waals surface area contributed by atoms with Gasteiger partial charge in [-0.05, 0) is 12.0 Å². The fraction of sp³-hybridized carbons (Fsp3) is 0.353. The number of hydrogen-bond acceptors (Lipinski definition) is 4. The molecule has 0 aliphatic carbocycles. The van der Waals surface area contributed by atoms with Crippen molar-refractivity contribution in [3.63, 3.8) is 0 Å². The second-order valence-electron chi connectivity index (χ2n) is 5.38. The number of amides is 1. The van der Waals surface area contributed by atoms with Crippen molar-refractivity contribution >= 4 is 12.1 Å². The van der Waals surface area contributed by atoms with Crippen LogP contribution in [0, 0.1) is 0 Å². The Hall–Kier alpha value is -2.83. The lowest BCUT2D eigenvalue weighted by Gasteiger charge is -2.15. The van der Waals surface area contributed by atoms with Crippen LogP contribution in [0.25, 0.3) is 0 Å². The van der Waals surface area contributed by atoms with Gasteiger partial charge in [0.15, 0.2) is 0 Å². The van der Waals surface area contributed by atoms with Crippen LogP contribution in [0.15, 0.2) is 42.9 Å². The van der Waals surface area contributed by atoms with Crippen LogP contribution >= 0.6 is 0 Å². The first-order valence-electron chi connectivity index (χ1n) is 7.79. The Labute approximate surface area is 140 Å². The van der Waals surface area contributed by atoms with Crippen LogP contribution in [0.1, 0.15) is 24.6 Å². The molecule has 7 nitrogen and oxygen atoms in total. The molecule has 0 bridgehead atoms. The molecule has 1 aromatic carbocycles. The van der Waals surface area contributed by atoms with Crippen molar-refractivity contribution in [2.75, 3.05) is 0 Å². The molecule has 0 saturated carbocycles. The van der Waals surface area contributed by atoms with E-state index < -0.39 is 18.1 Å². The summed E-state index contributed by atoms with van der Waals surface area (Å²) in [5.74, 6) is -1.11. The van der Waals surface area contributed by atoms with Crippen molar-refractivity contribution in [2.24, 2.45) is 0 Å². The van der Waals surface area contributed by atoms with Crippen molar-refractivity contribution in [3.8, 4) is 0 Å². The van der Waals surface area contributed by atoms with Crippen molar-refractivity contribution in [1.29, 1.82) is 0 Å². The van der Waals surface area contributed by atoms with Gasteiger partial charge in [-0.1, -0.05) is 37.3 Å². The third kappa shape index (κ3) is 5.12. The Balaban J connectivity index is 1.91. The number of aryl methyl sites for hydroxylation is 1. The number of alkyl carbamates (subject to hydrolysis) is 1. The summed E-state index contributed by atoms with van der Waals surface area (Å²) >= 11 is 0. The Bertz CT molecular complexity index is 669. The highest BCUT2D eigenvalue weighted by molar-refractivity contribution is 5.80. The van der Waals surface area contributed by atoms with E-state index in [2.05, 4.69) is 10.3 Å². The fourth-order valence-corrected chi connectivity index (χ4v) is 2.28. The summed E-state index contributed by atoms with van der Waals surface area (Å²) in [6, 6.07) is 8.12. The van der Waals surface area contributed by atoms with Crippen molar-refractivity contribution in [3.05, 3.63) is 54.1 Å². The van der Waals surface area contributed by atoms with E-state index in [4.69, 9.17) is 4.74 Å². The number of carbonyl (C=O) groups excluding carboxylic acids is 1. The van der Waals surface area contributed by atoms with Crippen LogP contribution in [0.5, 0.6) is 0 Å². The maximum atomic E-state index is 11.9. The van der Waals surface area contributed by atoms with Crippen molar-refractivity contribution in [2.45, 2.75) is 39.0 Å². The van der Waals surface area contributed by atoms with E-state index in [-0.39, 0.29) is 13.0 Å². The van der Waals surface area contributed by atoms with Crippen LogP contribution in [-0.2, 0) is 29.1 Å². The summed E-state index contributed by atoms with van der Waals surface area (Å²) < 4.78 is 6.95. The molecule has 0 aliphatic heterocycles. The third-order valence-corrected chi connectivity index (χ3v) is 3.48. The summed E-state index contributed by atoms with van der Waals surface area (Å²) in [6.45, 7) is 2.87. The number of carboxylic acid groups (broad SMARTS) is 1. The first-order chi connectivity index (χ1) is 11.6. The summed E-state index contributed by atoms with van der Waals surface area (Å²) in [4.78, 5) is 27.3.